The lowest BCUT2D eigenvalue weighted by Crippen LogP contribution is -2.38. The van der Waals surface area contributed by atoms with Crippen LogP contribution in [0.15, 0.2) is 30.3 Å². The van der Waals surface area contributed by atoms with Gasteiger partial charge >= 0.3 is 0 Å². The van der Waals surface area contributed by atoms with Crippen LogP contribution >= 0.6 is 0 Å². The molecule has 82 valence electrons. The van der Waals surface area contributed by atoms with Crippen molar-refractivity contribution in [2.24, 2.45) is 11.8 Å². The Balaban J connectivity index is 2.15. The van der Waals surface area contributed by atoms with Gasteiger partial charge in [0.05, 0.1) is 12.1 Å². The molecule has 1 fully saturated rings. The van der Waals surface area contributed by atoms with Crippen molar-refractivity contribution in [1.29, 1.82) is 0 Å². The van der Waals surface area contributed by atoms with Crippen molar-refractivity contribution in [3.63, 3.8) is 0 Å². The van der Waals surface area contributed by atoms with Gasteiger partial charge in [-0.05, 0) is 24.3 Å². The Labute approximate surface area is 90.6 Å². The molecule has 0 amide bonds. The average Bonchev–Trinajstić information content (AvgIpc) is 3.11. The number of ether oxygens (including phenoxy) is 1. The fourth-order valence-electron chi connectivity index (χ4n) is 2.07. The first kappa shape index (κ1) is 10.6. The predicted molar refractivity (Wildman–Crippen MR) is 60.0 cm³/mol. The van der Waals surface area contributed by atoms with Gasteiger partial charge in [0.25, 0.3) is 0 Å². The zero-order valence-electron chi connectivity index (χ0n) is 9.02. The summed E-state index contributed by atoms with van der Waals surface area (Å²) in [6, 6.07) is 10.3. The Bertz CT molecular complexity index is 298. The van der Waals surface area contributed by atoms with Gasteiger partial charge in [0.15, 0.2) is 0 Å². The molecular formula is C12H18N2O. The molecule has 3 nitrogen and oxygen atoms in total. The molecule has 0 aliphatic heterocycles. The summed E-state index contributed by atoms with van der Waals surface area (Å²) < 4.78 is 5.54. The second-order valence-electron chi connectivity index (χ2n) is 4.09. The second-order valence-corrected chi connectivity index (χ2v) is 4.09. The van der Waals surface area contributed by atoms with Gasteiger partial charge in [-0.1, -0.05) is 30.3 Å². The zero-order chi connectivity index (χ0) is 10.7. The van der Waals surface area contributed by atoms with E-state index in [2.05, 4.69) is 17.6 Å². The lowest BCUT2D eigenvalue weighted by molar-refractivity contribution is 0.0507. The summed E-state index contributed by atoms with van der Waals surface area (Å²) in [6.45, 7) is 0. The zero-order valence-corrected chi connectivity index (χ0v) is 9.02. The van der Waals surface area contributed by atoms with Gasteiger partial charge in [-0.15, -0.1) is 0 Å². The topological polar surface area (TPSA) is 47.3 Å². The molecule has 2 unspecified atom stereocenters. The fourth-order valence-corrected chi connectivity index (χ4v) is 2.07. The minimum atomic E-state index is 0.101. The maximum absolute atomic E-state index is 5.62. The van der Waals surface area contributed by atoms with Crippen molar-refractivity contribution in [3.05, 3.63) is 35.9 Å². The van der Waals surface area contributed by atoms with Crippen LogP contribution in [-0.2, 0) is 4.74 Å². The van der Waals surface area contributed by atoms with E-state index in [0.717, 1.165) is 0 Å². The standard InChI is InChI=1S/C12H18N2O/c1-15-12(10-7-8-10)11(14-13)9-5-3-2-4-6-9/h2-6,10-12,14H,7-8,13H2,1H3. The molecule has 2 rings (SSSR count). The number of hydrogen-bond donors (Lipinski definition) is 2. The van der Waals surface area contributed by atoms with Crippen molar-refractivity contribution in [2.45, 2.75) is 25.0 Å². The SMILES string of the molecule is COC(C1CC1)C(NN)c1ccccc1. The van der Waals surface area contributed by atoms with Crippen LogP contribution in [0.5, 0.6) is 0 Å². The monoisotopic (exact) mass is 206 g/mol. The molecule has 15 heavy (non-hydrogen) atoms. The third kappa shape index (κ3) is 2.37. The van der Waals surface area contributed by atoms with E-state index in [1.807, 2.05) is 18.2 Å². The highest BCUT2D eigenvalue weighted by molar-refractivity contribution is 5.20. The number of hydrazine groups is 1. The van der Waals surface area contributed by atoms with Gasteiger partial charge in [-0.25, -0.2) is 0 Å². The van der Waals surface area contributed by atoms with Crippen molar-refractivity contribution in [1.82, 2.24) is 5.43 Å². The van der Waals surface area contributed by atoms with Crippen LogP contribution in [0, 0.1) is 5.92 Å². The van der Waals surface area contributed by atoms with E-state index in [9.17, 15) is 0 Å². The molecule has 1 aliphatic rings. The Hall–Kier alpha value is -0.900. The minimum absolute atomic E-state index is 0.101. The Morgan fingerprint density at radius 1 is 1.33 bits per heavy atom. The molecule has 0 saturated heterocycles. The maximum Gasteiger partial charge on any atom is 0.0806 e. The van der Waals surface area contributed by atoms with Gasteiger partial charge in [-0.3, -0.25) is 11.3 Å². The molecule has 0 bridgehead atoms. The predicted octanol–water partition coefficient (Wildman–Crippen LogP) is 1.62. The second kappa shape index (κ2) is 4.75. The first-order chi connectivity index (χ1) is 7.36. The molecule has 1 saturated carbocycles. The van der Waals surface area contributed by atoms with Crippen molar-refractivity contribution < 1.29 is 4.74 Å². The number of nitrogens with two attached hydrogens (primary N) is 1. The maximum atomic E-state index is 5.62. The van der Waals surface area contributed by atoms with Gasteiger partial charge in [0.2, 0.25) is 0 Å². The quantitative estimate of drug-likeness (QED) is 0.568. The van der Waals surface area contributed by atoms with Gasteiger partial charge in [-0.2, -0.15) is 0 Å². The van der Waals surface area contributed by atoms with E-state index < -0.39 is 0 Å². The van der Waals surface area contributed by atoms with Crippen LogP contribution < -0.4 is 11.3 Å². The fraction of sp³-hybridized carbons (Fsp3) is 0.500. The molecule has 2 atom stereocenters. The molecule has 1 aliphatic carbocycles. The normalized spacial score (nSPS) is 19.9. The van der Waals surface area contributed by atoms with Crippen LogP contribution in [0.25, 0.3) is 0 Å². The summed E-state index contributed by atoms with van der Waals surface area (Å²) in [5.41, 5.74) is 4.06. The molecule has 1 aromatic rings. The summed E-state index contributed by atoms with van der Waals surface area (Å²) in [4.78, 5) is 0. The van der Waals surface area contributed by atoms with Gasteiger partial charge in [0.1, 0.15) is 0 Å². The van der Waals surface area contributed by atoms with Gasteiger partial charge in [0, 0.05) is 7.11 Å². The van der Waals surface area contributed by atoms with E-state index in [-0.39, 0.29) is 12.1 Å². The Morgan fingerprint density at radius 3 is 2.47 bits per heavy atom. The van der Waals surface area contributed by atoms with Crippen LogP contribution in [0.4, 0.5) is 0 Å². The first-order valence-corrected chi connectivity index (χ1v) is 5.40. The van der Waals surface area contributed by atoms with Crippen molar-refractivity contribution >= 4 is 0 Å². The summed E-state index contributed by atoms with van der Waals surface area (Å²) in [5, 5.41) is 0. The highest BCUT2D eigenvalue weighted by atomic mass is 16.5. The van der Waals surface area contributed by atoms with Gasteiger partial charge < -0.3 is 4.74 Å². The number of hydrogen-bond acceptors (Lipinski definition) is 3. The highest BCUT2D eigenvalue weighted by Gasteiger charge is 2.36. The Morgan fingerprint density at radius 2 is 2.00 bits per heavy atom. The highest BCUT2D eigenvalue weighted by Crippen LogP contribution is 2.39. The van der Waals surface area contributed by atoms with Crippen molar-refractivity contribution in [3.8, 4) is 0 Å². The van der Waals surface area contributed by atoms with Crippen LogP contribution in [0.2, 0.25) is 0 Å². The minimum Gasteiger partial charge on any atom is -0.379 e. The number of methoxy groups -OCH3 is 1. The summed E-state index contributed by atoms with van der Waals surface area (Å²) in [6.07, 6.45) is 2.70. The smallest absolute Gasteiger partial charge is 0.0806 e. The van der Waals surface area contributed by atoms with E-state index in [0.29, 0.717) is 5.92 Å². The average molecular weight is 206 g/mol. The molecule has 1 aromatic carbocycles. The number of benzene rings is 1. The van der Waals surface area contributed by atoms with Crippen LogP contribution in [-0.4, -0.2) is 13.2 Å². The Kier molecular flexibility index (Phi) is 3.36. The third-order valence-electron chi connectivity index (χ3n) is 3.03. The van der Waals surface area contributed by atoms with Crippen molar-refractivity contribution in [2.75, 3.05) is 7.11 Å². The molecular weight excluding hydrogens is 188 g/mol. The van der Waals surface area contributed by atoms with Crippen LogP contribution in [0.3, 0.4) is 0 Å². The molecule has 0 heterocycles. The molecule has 3 heteroatoms. The lowest BCUT2D eigenvalue weighted by atomic mass is 9.99. The third-order valence-corrected chi connectivity index (χ3v) is 3.03. The van der Waals surface area contributed by atoms with E-state index >= 15 is 0 Å². The summed E-state index contributed by atoms with van der Waals surface area (Å²) in [7, 11) is 1.76. The summed E-state index contributed by atoms with van der Waals surface area (Å²) in [5.74, 6) is 6.28. The number of rotatable bonds is 5. The number of nitrogens with one attached hydrogen (secondary N) is 1. The first-order valence-electron chi connectivity index (χ1n) is 5.40. The van der Waals surface area contributed by atoms with E-state index in [4.69, 9.17) is 10.6 Å². The summed E-state index contributed by atoms with van der Waals surface area (Å²) >= 11 is 0. The lowest BCUT2D eigenvalue weighted by Gasteiger charge is -2.25. The van der Waals surface area contributed by atoms with E-state index in [1.165, 1.54) is 18.4 Å². The molecule has 0 radical (unpaired) electrons. The molecule has 0 aromatic heterocycles. The largest absolute Gasteiger partial charge is 0.379 e. The molecule has 0 spiro atoms. The van der Waals surface area contributed by atoms with E-state index in [1.54, 1.807) is 7.11 Å². The van der Waals surface area contributed by atoms with Crippen LogP contribution in [0.1, 0.15) is 24.4 Å². The molecule has 3 N–H and O–H groups in total.